The van der Waals surface area contributed by atoms with Gasteiger partial charge >= 0.3 is 0 Å². The Morgan fingerprint density at radius 3 is 2.43 bits per heavy atom. The average Bonchev–Trinajstić information content (AvgIpc) is 2.34. The van der Waals surface area contributed by atoms with Crippen LogP contribution >= 0.6 is 0 Å². The third-order valence-corrected chi connectivity index (χ3v) is 4.21. The highest BCUT2D eigenvalue weighted by Crippen LogP contribution is 2.28. The highest BCUT2D eigenvalue weighted by molar-refractivity contribution is 5.81. The molecule has 0 saturated carbocycles. The molecule has 1 amide bonds. The van der Waals surface area contributed by atoms with Gasteiger partial charge in [-0.05, 0) is 72.1 Å². The Morgan fingerprint density at radius 2 is 1.87 bits per heavy atom. The number of amides is 1. The van der Waals surface area contributed by atoms with Gasteiger partial charge in [-0.3, -0.25) is 4.79 Å². The molecule has 1 heterocycles. The van der Waals surface area contributed by atoms with Crippen molar-refractivity contribution in [2.75, 3.05) is 0 Å². The van der Waals surface area contributed by atoms with Gasteiger partial charge in [-0.25, -0.2) is 0 Å². The Hall–Kier alpha value is -1.55. The van der Waals surface area contributed by atoms with E-state index in [1.165, 1.54) is 0 Å². The number of hydrogen-bond donors (Lipinski definition) is 2. The molecule has 1 fully saturated rings. The van der Waals surface area contributed by atoms with Crippen LogP contribution in [-0.4, -0.2) is 29.1 Å². The molecule has 4 heteroatoms. The van der Waals surface area contributed by atoms with Crippen molar-refractivity contribution >= 4 is 5.91 Å². The first-order valence-electron chi connectivity index (χ1n) is 8.39. The van der Waals surface area contributed by atoms with Crippen LogP contribution in [0.15, 0.2) is 24.3 Å². The van der Waals surface area contributed by atoms with Gasteiger partial charge in [0.15, 0.2) is 6.10 Å². The largest absolute Gasteiger partial charge is 0.481 e. The minimum atomic E-state index is -0.502. The van der Waals surface area contributed by atoms with Gasteiger partial charge in [-0.15, -0.1) is 0 Å². The number of rotatable bonds is 4. The number of carbonyl (C=O) groups excluding carboxylic acids is 1. The van der Waals surface area contributed by atoms with Crippen molar-refractivity contribution in [3.05, 3.63) is 29.8 Å². The molecule has 1 saturated heterocycles. The number of aryl methyl sites for hydroxylation is 1. The number of ether oxygens (including phenoxy) is 1. The lowest BCUT2D eigenvalue weighted by atomic mass is 9.79. The van der Waals surface area contributed by atoms with Gasteiger partial charge in [0.2, 0.25) is 0 Å². The predicted octanol–water partition coefficient (Wildman–Crippen LogP) is 3.19. The fraction of sp³-hybridized carbons (Fsp3) is 0.632. The van der Waals surface area contributed by atoms with Crippen molar-refractivity contribution in [3.8, 4) is 5.75 Å². The summed E-state index contributed by atoms with van der Waals surface area (Å²) < 4.78 is 5.77. The first kappa shape index (κ1) is 17.8. The minimum Gasteiger partial charge on any atom is -0.481 e. The molecule has 1 atom stereocenters. The number of hydrogen-bond acceptors (Lipinski definition) is 3. The van der Waals surface area contributed by atoms with Gasteiger partial charge in [0.05, 0.1) is 0 Å². The van der Waals surface area contributed by atoms with E-state index >= 15 is 0 Å². The Morgan fingerprint density at radius 1 is 1.26 bits per heavy atom. The maximum atomic E-state index is 12.5. The van der Waals surface area contributed by atoms with Crippen LogP contribution in [-0.2, 0) is 4.79 Å². The summed E-state index contributed by atoms with van der Waals surface area (Å²) in [5.74, 6) is 0.684. The van der Waals surface area contributed by atoms with Crippen LogP contribution in [0.5, 0.6) is 5.75 Å². The van der Waals surface area contributed by atoms with Gasteiger partial charge in [-0.1, -0.05) is 12.1 Å². The second-order valence-corrected chi connectivity index (χ2v) is 8.08. The molecular weight excluding hydrogens is 288 g/mol. The molecule has 0 bridgehead atoms. The zero-order valence-electron chi connectivity index (χ0n) is 15.2. The van der Waals surface area contributed by atoms with Gasteiger partial charge < -0.3 is 15.4 Å². The Balaban J connectivity index is 1.95. The van der Waals surface area contributed by atoms with E-state index in [1.54, 1.807) is 6.92 Å². The predicted molar refractivity (Wildman–Crippen MR) is 93.7 cm³/mol. The summed E-state index contributed by atoms with van der Waals surface area (Å²) in [6.45, 7) is 12.5. The van der Waals surface area contributed by atoms with Gasteiger partial charge in [0.1, 0.15) is 5.75 Å². The Kier molecular flexibility index (Phi) is 5.04. The van der Waals surface area contributed by atoms with Gasteiger partial charge in [0.25, 0.3) is 5.91 Å². The van der Waals surface area contributed by atoms with Crippen molar-refractivity contribution in [3.63, 3.8) is 0 Å². The molecule has 1 aromatic rings. The van der Waals surface area contributed by atoms with Gasteiger partial charge in [0, 0.05) is 17.1 Å². The Bertz CT molecular complexity index is 550. The first-order valence-corrected chi connectivity index (χ1v) is 8.39. The second kappa shape index (κ2) is 6.52. The summed E-state index contributed by atoms with van der Waals surface area (Å²) in [6, 6.07) is 7.94. The quantitative estimate of drug-likeness (QED) is 0.896. The number of nitrogens with one attached hydrogen (secondary N) is 2. The second-order valence-electron chi connectivity index (χ2n) is 8.08. The molecule has 1 aliphatic rings. The maximum absolute atomic E-state index is 12.5. The van der Waals surface area contributed by atoms with E-state index in [9.17, 15) is 4.79 Å². The van der Waals surface area contributed by atoms with Crippen LogP contribution in [0.4, 0.5) is 0 Å². The summed E-state index contributed by atoms with van der Waals surface area (Å²) in [5.41, 5.74) is 1.15. The topological polar surface area (TPSA) is 50.4 Å². The van der Waals surface area contributed by atoms with Crippen LogP contribution in [0.2, 0.25) is 0 Å². The molecule has 0 spiro atoms. The van der Waals surface area contributed by atoms with E-state index in [4.69, 9.17) is 4.74 Å². The summed E-state index contributed by atoms with van der Waals surface area (Å²) in [6.07, 6.45) is 1.33. The molecule has 1 aromatic carbocycles. The zero-order valence-corrected chi connectivity index (χ0v) is 15.2. The van der Waals surface area contributed by atoms with Crippen LogP contribution in [0.1, 0.15) is 53.0 Å². The van der Waals surface area contributed by atoms with E-state index in [0.717, 1.165) is 24.2 Å². The van der Waals surface area contributed by atoms with Gasteiger partial charge in [-0.2, -0.15) is 0 Å². The van der Waals surface area contributed by atoms with Crippen molar-refractivity contribution in [2.45, 2.75) is 77.6 Å². The third-order valence-electron chi connectivity index (χ3n) is 4.21. The van der Waals surface area contributed by atoms with Crippen LogP contribution in [0, 0.1) is 6.92 Å². The first-order chi connectivity index (χ1) is 10.6. The normalized spacial score (nSPS) is 21.5. The third kappa shape index (κ3) is 5.24. The highest BCUT2D eigenvalue weighted by atomic mass is 16.5. The van der Waals surface area contributed by atoms with E-state index in [0.29, 0.717) is 0 Å². The van der Waals surface area contributed by atoms with E-state index in [1.807, 2.05) is 31.2 Å². The van der Waals surface area contributed by atoms with Crippen molar-refractivity contribution in [1.82, 2.24) is 10.6 Å². The van der Waals surface area contributed by atoms with Crippen LogP contribution in [0.25, 0.3) is 0 Å². The fourth-order valence-corrected chi connectivity index (χ4v) is 3.69. The monoisotopic (exact) mass is 318 g/mol. The van der Waals surface area contributed by atoms with E-state index < -0.39 is 6.10 Å². The molecule has 0 aromatic heterocycles. The van der Waals surface area contributed by atoms with Crippen LogP contribution < -0.4 is 15.4 Å². The molecule has 4 nitrogen and oxygen atoms in total. The molecule has 128 valence electrons. The van der Waals surface area contributed by atoms with E-state index in [-0.39, 0.29) is 23.0 Å². The molecule has 2 N–H and O–H groups in total. The molecule has 0 aliphatic carbocycles. The molecule has 1 aliphatic heterocycles. The average molecular weight is 318 g/mol. The summed E-state index contributed by atoms with van der Waals surface area (Å²) in [4.78, 5) is 12.5. The summed E-state index contributed by atoms with van der Waals surface area (Å²) in [7, 11) is 0. The standard InChI is InChI=1S/C19H30N2O2/c1-13-8-7-9-16(10-13)23-14(2)17(22)20-15-11-18(3,4)21-19(5,6)12-15/h7-10,14-15,21H,11-12H2,1-6H3,(H,20,22)/t14-/m0/s1. The lowest BCUT2D eigenvalue weighted by molar-refractivity contribution is -0.128. The van der Waals surface area contributed by atoms with E-state index in [2.05, 4.69) is 38.3 Å². The smallest absolute Gasteiger partial charge is 0.260 e. The summed E-state index contributed by atoms with van der Waals surface area (Å²) >= 11 is 0. The number of benzene rings is 1. The van der Waals surface area contributed by atoms with Crippen molar-refractivity contribution in [1.29, 1.82) is 0 Å². The SMILES string of the molecule is Cc1cccc(O[C@@H](C)C(=O)NC2CC(C)(C)NC(C)(C)C2)c1. The number of carbonyl (C=O) groups is 1. The van der Waals surface area contributed by atoms with Crippen LogP contribution in [0.3, 0.4) is 0 Å². The molecule has 0 unspecified atom stereocenters. The maximum Gasteiger partial charge on any atom is 0.260 e. The minimum absolute atomic E-state index is 0.0142. The number of piperidine rings is 1. The molecular formula is C19H30N2O2. The fourth-order valence-electron chi connectivity index (χ4n) is 3.69. The lowest BCUT2D eigenvalue weighted by Crippen LogP contribution is -2.62. The van der Waals surface area contributed by atoms with Crippen molar-refractivity contribution < 1.29 is 9.53 Å². The molecule has 2 rings (SSSR count). The van der Waals surface area contributed by atoms with Crippen molar-refractivity contribution in [2.24, 2.45) is 0 Å². The molecule has 0 radical (unpaired) electrons. The summed E-state index contributed by atoms with van der Waals surface area (Å²) in [5, 5.41) is 6.79. The lowest BCUT2D eigenvalue weighted by Gasteiger charge is -2.46. The zero-order chi connectivity index (χ0) is 17.3. The molecule has 23 heavy (non-hydrogen) atoms. The Labute approximate surface area is 140 Å². The highest BCUT2D eigenvalue weighted by Gasteiger charge is 2.38.